The normalized spacial score (nSPS) is 10.0. The van der Waals surface area contributed by atoms with Gasteiger partial charge in [0.15, 0.2) is 0 Å². The van der Waals surface area contributed by atoms with E-state index in [0.29, 0.717) is 11.3 Å². The maximum Gasteiger partial charge on any atom is 0.338 e. The lowest BCUT2D eigenvalue weighted by Gasteiger charge is -2.08. The number of ether oxygens (including phenoxy) is 1. The van der Waals surface area contributed by atoms with E-state index < -0.39 is 0 Å². The highest BCUT2D eigenvalue weighted by molar-refractivity contribution is 7.98. The lowest BCUT2D eigenvalue weighted by molar-refractivity contribution is 0.0378. The molecule has 0 N–H and O–H groups in total. The Morgan fingerprint density at radius 3 is 2.94 bits per heavy atom. The SMILES string of the molecule is CC(C)OC(=O)c1cccc(CSCC#N)c1. The van der Waals surface area contributed by atoms with E-state index in [0.717, 1.165) is 11.3 Å². The first-order valence-corrected chi connectivity index (χ1v) is 6.53. The summed E-state index contributed by atoms with van der Waals surface area (Å²) < 4.78 is 5.12. The van der Waals surface area contributed by atoms with E-state index in [1.54, 1.807) is 6.07 Å². The first-order valence-electron chi connectivity index (χ1n) is 5.38. The highest BCUT2D eigenvalue weighted by Gasteiger charge is 2.09. The molecule has 0 aliphatic heterocycles. The number of hydrogen-bond acceptors (Lipinski definition) is 4. The molecule has 1 aromatic rings. The van der Waals surface area contributed by atoms with Gasteiger partial charge in [0.05, 0.1) is 23.5 Å². The number of esters is 1. The van der Waals surface area contributed by atoms with Crippen molar-refractivity contribution >= 4 is 17.7 Å². The predicted octanol–water partition coefficient (Wildman–Crippen LogP) is 3.01. The van der Waals surface area contributed by atoms with Crippen molar-refractivity contribution in [3.05, 3.63) is 35.4 Å². The van der Waals surface area contributed by atoms with Crippen LogP contribution in [-0.4, -0.2) is 17.8 Å². The maximum atomic E-state index is 11.7. The Morgan fingerprint density at radius 2 is 2.29 bits per heavy atom. The van der Waals surface area contributed by atoms with Gasteiger partial charge in [-0.05, 0) is 31.5 Å². The highest BCUT2D eigenvalue weighted by Crippen LogP contribution is 2.14. The zero-order chi connectivity index (χ0) is 12.7. The molecule has 0 heterocycles. The van der Waals surface area contributed by atoms with Gasteiger partial charge in [-0.15, -0.1) is 11.8 Å². The third-order valence-corrected chi connectivity index (χ3v) is 2.81. The van der Waals surface area contributed by atoms with Crippen molar-refractivity contribution in [2.24, 2.45) is 0 Å². The summed E-state index contributed by atoms with van der Waals surface area (Å²) in [7, 11) is 0. The lowest BCUT2D eigenvalue weighted by atomic mass is 10.1. The van der Waals surface area contributed by atoms with Gasteiger partial charge < -0.3 is 4.74 Å². The third kappa shape index (κ3) is 4.92. The van der Waals surface area contributed by atoms with Gasteiger partial charge in [0.2, 0.25) is 0 Å². The van der Waals surface area contributed by atoms with Crippen LogP contribution in [0.15, 0.2) is 24.3 Å². The Bertz CT molecular complexity index is 424. The maximum absolute atomic E-state index is 11.7. The van der Waals surface area contributed by atoms with E-state index in [-0.39, 0.29) is 12.1 Å². The number of rotatable bonds is 5. The Kier molecular flexibility index (Phi) is 5.58. The molecule has 90 valence electrons. The number of hydrogen-bond donors (Lipinski definition) is 0. The van der Waals surface area contributed by atoms with Crippen LogP contribution in [0.4, 0.5) is 0 Å². The second-order valence-corrected chi connectivity index (χ2v) is 4.79. The molecule has 0 saturated carbocycles. The summed E-state index contributed by atoms with van der Waals surface area (Å²) >= 11 is 1.53. The minimum atomic E-state index is -0.299. The van der Waals surface area contributed by atoms with Crippen molar-refractivity contribution in [1.29, 1.82) is 5.26 Å². The molecular weight excluding hydrogens is 234 g/mol. The average molecular weight is 249 g/mol. The van der Waals surface area contributed by atoms with E-state index in [4.69, 9.17) is 10.00 Å². The van der Waals surface area contributed by atoms with Crippen LogP contribution in [0.2, 0.25) is 0 Å². The molecular formula is C13H15NO2S. The smallest absolute Gasteiger partial charge is 0.338 e. The van der Waals surface area contributed by atoms with E-state index in [2.05, 4.69) is 6.07 Å². The summed E-state index contributed by atoms with van der Waals surface area (Å²) in [5.74, 6) is 0.893. The van der Waals surface area contributed by atoms with E-state index >= 15 is 0 Å². The standard InChI is InChI=1S/C13H15NO2S/c1-10(2)16-13(15)12-5-3-4-11(8-12)9-17-7-6-14/h3-5,8,10H,7,9H2,1-2H3. The zero-order valence-electron chi connectivity index (χ0n) is 9.97. The van der Waals surface area contributed by atoms with Crippen LogP contribution in [0.5, 0.6) is 0 Å². The van der Waals surface area contributed by atoms with E-state index in [1.165, 1.54) is 11.8 Å². The molecule has 0 radical (unpaired) electrons. The molecule has 0 aromatic heterocycles. The summed E-state index contributed by atoms with van der Waals surface area (Å²) in [4.78, 5) is 11.7. The van der Waals surface area contributed by atoms with Gasteiger partial charge in [0.25, 0.3) is 0 Å². The van der Waals surface area contributed by atoms with Crippen LogP contribution in [0.25, 0.3) is 0 Å². The molecule has 1 aromatic carbocycles. The molecule has 0 amide bonds. The van der Waals surface area contributed by atoms with Gasteiger partial charge in [-0.1, -0.05) is 12.1 Å². The molecule has 0 bridgehead atoms. The molecule has 0 fully saturated rings. The molecule has 4 heteroatoms. The van der Waals surface area contributed by atoms with E-state index in [9.17, 15) is 4.79 Å². The van der Waals surface area contributed by atoms with Crippen LogP contribution in [0.3, 0.4) is 0 Å². The first kappa shape index (κ1) is 13.6. The molecule has 0 atom stereocenters. The monoisotopic (exact) mass is 249 g/mol. The molecule has 3 nitrogen and oxygen atoms in total. The predicted molar refractivity (Wildman–Crippen MR) is 68.8 cm³/mol. The van der Waals surface area contributed by atoms with Crippen molar-refractivity contribution in [1.82, 2.24) is 0 Å². The number of benzene rings is 1. The second kappa shape index (κ2) is 6.97. The van der Waals surface area contributed by atoms with Crippen LogP contribution < -0.4 is 0 Å². The minimum absolute atomic E-state index is 0.112. The first-order chi connectivity index (χ1) is 8.13. The summed E-state index contributed by atoms with van der Waals surface area (Å²) in [6, 6.07) is 9.40. The largest absolute Gasteiger partial charge is 0.459 e. The molecule has 0 aliphatic rings. The number of nitrogens with zero attached hydrogens (tertiary/aromatic N) is 1. The highest BCUT2D eigenvalue weighted by atomic mass is 32.2. The van der Waals surface area contributed by atoms with Crippen molar-refractivity contribution in [3.8, 4) is 6.07 Å². The molecule has 0 saturated heterocycles. The van der Waals surface area contributed by atoms with Crippen LogP contribution in [0, 0.1) is 11.3 Å². The number of nitriles is 1. The lowest BCUT2D eigenvalue weighted by Crippen LogP contribution is -2.11. The quantitative estimate of drug-likeness (QED) is 0.594. The van der Waals surface area contributed by atoms with Gasteiger partial charge in [-0.3, -0.25) is 0 Å². The van der Waals surface area contributed by atoms with Crippen molar-refractivity contribution in [2.45, 2.75) is 25.7 Å². The van der Waals surface area contributed by atoms with Gasteiger partial charge in [-0.2, -0.15) is 5.26 Å². The molecule has 0 unspecified atom stereocenters. The second-order valence-electron chi connectivity index (χ2n) is 3.81. The van der Waals surface area contributed by atoms with Crippen molar-refractivity contribution in [3.63, 3.8) is 0 Å². The van der Waals surface area contributed by atoms with Gasteiger partial charge in [0.1, 0.15) is 0 Å². The number of carbonyl (C=O) groups excluding carboxylic acids is 1. The summed E-state index contributed by atoms with van der Waals surface area (Å²) in [5.41, 5.74) is 1.59. The van der Waals surface area contributed by atoms with Crippen molar-refractivity contribution in [2.75, 3.05) is 5.75 Å². The van der Waals surface area contributed by atoms with Gasteiger partial charge in [0, 0.05) is 5.75 Å². The molecule has 0 spiro atoms. The summed E-state index contributed by atoms with van der Waals surface area (Å²) in [6.07, 6.45) is -0.112. The average Bonchev–Trinajstić information content (AvgIpc) is 2.29. The van der Waals surface area contributed by atoms with Crippen LogP contribution >= 0.6 is 11.8 Å². The Balaban J connectivity index is 2.65. The van der Waals surface area contributed by atoms with Gasteiger partial charge in [-0.25, -0.2) is 4.79 Å². The van der Waals surface area contributed by atoms with Gasteiger partial charge >= 0.3 is 5.97 Å². The Labute approximate surface area is 106 Å². The fraction of sp³-hybridized carbons (Fsp3) is 0.385. The zero-order valence-corrected chi connectivity index (χ0v) is 10.8. The minimum Gasteiger partial charge on any atom is -0.459 e. The summed E-state index contributed by atoms with van der Waals surface area (Å²) in [5, 5.41) is 8.44. The number of carbonyl (C=O) groups is 1. The third-order valence-electron chi connectivity index (χ3n) is 1.94. The topological polar surface area (TPSA) is 50.1 Å². The number of thioether (sulfide) groups is 1. The Morgan fingerprint density at radius 1 is 1.53 bits per heavy atom. The summed E-state index contributed by atoms with van der Waals surface area (Å²) in [6.45, 7) is 3.65. The van der Waals surface area contributed by atoms with Crippen LogP contribution in [0.1, 0.15) is 29.8 Å². The molecule has 17 heavy (non-hydrogen) atoms. The Hall–Kier alpha value is -1.47. The molecule has 0 aliphatic carbocycles. The van der Waals surface area contributed by atoms with Crippen molar-refractivity contribution < 1.29 is 9.53 Å². The van der Waals surface area contributed by atoms with Crippen LogP contribution in [-0.2, 0) is 10.5 Å². The molecule has 1 rings (SSSR count). The van der Waals surface area contributed by atoms with E-state index in [1.807, 2.05) is 32.0 Å². The fourth-order valence-corrected chi connectivity index (χ4v) is 1.89. The fourth-order valence-electron chi connectivity index (χ4n) is 1.28.